The van der Waals surface area contributed by atoms with E-state index in [9.17, 15) is 13.2 Å². The van der Waals surface area contributed by atoms with Crippen LogP contribution in [0.25, 0.3) is 0 Å². The number of hydrogen-bond donors (Lipinski definition) is 0. The molecule has 1 aliphatic rings. The third-order valence-corrected chi connectivity index (χ3v) is 1.29. The lowest BCUT2D eigenvalue weighted by atomic mass is 10.4. The molecule has 0 bridgehead atoms. The molecule has 1 heterocycles. The molecular weight excluding hydrogens is 161 g/mol. The molecule has 6 heteroatoms. The Morgan fingerprint density at radius 1 is 1.55 bits per heavy atom. The number of ether oxygens (including phenoxy) is 1. The van der Waals surface area contributed by atoms with Crippen LogP contribution in [0.4, 0.5) is 13.2 Å². The molecule has 0 saturated carbocycles. The lowest BCUT2D eigenvalue weighted by Crippen LogP contribution is -2.27. The second-order valence-corrected chi connectivity index (χ2v) is 2.35. The molecule has 0 aliphatic carbocycles. The van der Waals surface area contributed by atoms with Gasteiger partial charge in [-0.05, 0) is 0 Å². The Morgan fingerprint density at radius 2 is 2.18 bits per heavy atom. The van der Waals surface area contributed by atoms with Crippen LogP contribution in [0.1, 0.15) is 0 Å². The van der Waals surface area contributed by atoms with Crippen LogP contribution in [-0.4, -0.2) is 37.6 Å². The van der Waals surface area contributed by atoms with Crippen molar-refractivity contribution >= 4 is 0 Å². The maximum atomic E-state index is 11.6. The van der Waals surface area contributed by atoms with Crippen molar-refractivity contribution in [2.75, 3.05) is 20.1 Å². The summed E-state index contributed by atoms with van der Waals surface area (Å²) in [5.41, 5.74) is 3.71. The summed E-state index contributed by atoms with van der Waals surface area (Å²) in [6, 6.07) is 0. The summed E-state index contributed by atoms with van der Waals surface area (Å²) in [5.74, 6) is 0. The van der Waals surface area contributed by atoms with Gasteiger partial charge in [0.1, 0.15) is 0 Å². The fraction of sp³-hybridized carbons (Fsp3) is 1.00. The van der Waals surface area contributed by atoms with E-state index in [0.29, 0.717) is 0 Å². The highest BCUT2D eigenvalue weighted by molar-refractivity contribution is 4.70. The number of alkyl halides is 3. The van der Waals surface area contributed by atoms with E-state index in [0.717, 1.165) is 0 Å². The lowest BCUT2D eigenvalue weighted by molar-refractivity contribution is -0.339. The van der Waals surface area contributed by atoms with Crippen LogP contribution < -0.4 is 5.43 Å². The molecule has 0 aromatic carbocycles. The zero-order chi connectivity index (χ0) is 8.48. The molecule has 1 unspecified atom stereocenters. The Hall–Kier alpha value is -0.330. The van der Waals surface area contributed by atoms with Crippen LogP contribution in [0.3, 0.4) is 0 Å². The summed E-state index contributed by atoms with van der Waals surface area (Å²) < 4.78 is 38.4. The van der Waals surface area contributed by atoms with Gasteiger partial charge in [0.05, 0.1) is 12.6 Å². The molecule has 65 valence electrons. The van der Waals surface area contributed by atoms with E-state index in [1.165, 1.54) is 5.01 Å². The first-order valence-electron chi connectivity index (χ1n) is 3.10. The fourth-order valence-corrected chi connectivity index (χ4v) is 0.904. The minimum atomic E-state index is -4.54. The Morgan fingerprint density at radius 3 is 2.55 bits per heavy atom. The normalized spacial score (nSPS) is 27.8. The van der Waals surface area contributed by atoms with Gasteiger partial charge in [0, 0.05) is 13.6 Å². The third kappa shape index (κ3) is 3.04. The van der Waals surface area contributed by atoms with Gasteiger partial charge in [-0.2, -0.15) is 5.43 Å². The predicted octanol–water partition coefficient (Wildman–Crippen LogP) is 0.356. The van der Waals surface area contributed by atoms with Crippen molar-refractivity contribution in [1.29, 1.82) is 0 Å². The topological polar surface area (TPSA) is 26.6 Å². The Kier molecular flexibility index (Phi) is 2.36. The van der Waals surface area contributed by atoms with E-state index >= 15 is 0 Å². The van der Waals surface area contributed by atoms with Crippen LogP contribution in [0.5, 0.6) is 0 Å². The number of hydrogen-bond acceptors (Lipinski definition) is 2. The molecule has 0 aromatic heterocycles. The van der Waals surface area contributed by atoms with Gasteiger partial charge < -0.3 is 0 Å². The van der Waals surface area contributed by atoms with Gasteiger partial charge in [-0.1, -0.05) is 0 Å². The fourth-order valence-electron chi connectivity index (χ4n) is 0.904. The molecule has 3 nitrogen and oxygen atoms in total. The maximum Gasteiger partial charge on any atom is 0.522 e. The van der Waals surface area contributed by atoms with E-state index in [2.05, 4.69) is 10.2 Å². The van der Waals surface area contributed by atoms with Crippen LogP contribution in [0, 0.1) is 0 Å². The van der Waals surface area contributed by atoms with E-state index in [-0.39, 0.29) is 13.1 Å². The van der Waals surface area contributed by atoms with E-state index < -0.39 is 12.5 Å². The smallest absolute Gasteiger partial charge is 0.286 e. The highest BCUT2D eigenvalue weighted by Gasteiger charge is 2.36. The summed E-state index contributed by atoms with van der Waals surface area (Å²) in [6.07, 6.45) is -5.37. The number of rotatable bonds is 1. The van der Waals surface area contributed by atoms with Gasteiger partial charge in [-0.3, -0.25) is 4.74 Å². The molecule has 1 rings (SSSR count). The molecule has 0 N–H and O–H groups in total. The number of nitrogens with zero attached hydrogens (tertiary/aromatic N) is 2. The average Bonchev–Trinajstić information content (AvgIpc) is 2.10. The van der Waals surface area contributed by atoms with Gasteiger partial charge in [-0.25, -0.2) is 5.01 Å². The quantitative estimate of drug-likeness (QED) is 0.566. The minimum absolute atomic E-state index is 0.0933. The van der Waals surface area contributed by atoms with Crippen molar-refractivity contribution in [3.05, 3.63) is 0 Å². The van der Waals surface area contributed by atoms with Crippen molar-refractivity contribution in [2.24, 2.45) is 0 Å². The summed E-state index contributed by atoms with van der Waals surface area (Å²) in [7, 11) is 1.61. The largest absolute Gasteiger partial charge is 0.522 e. The average molecular weight is 169 g/mol. The number of halogens is 3. The first kappa shape index (κ1) is 8.76. The maximum absolute atomic E-state index is 11.6. The second-order valence-electron chi connectivity index (χ2n) is 2.35. The third-order valence-electron chi connectivity index (χ3n) is 1.29. The van der Waals surface area contributed by atoms with Gasteiger partial charge in [-0.15, -0.1) is 13.2 Å². The molecule has 1 radical (unpaired) electrons. The zero-order valence-electron chi connectivity index (χ0n) is 5.93. The van der Waals surface area contributed by atoms with Crippen LogP contribution >= 0.6 is 0 Å². The van der Waals surface area contributed by atoms with Gasteiger partial charge >= 0.3 is 6.36 Å². The molecular formula is C5H8F3N2O. The summed E-state index contributed by atoms with van der Waals surface area (Å²) in [6.45, 7) is 0.301. The summed E-state index contributed by atoms with van der Waals surface area (Å²) >= 11 is 0. The Balaban J connectivity index is 2.29. The van der Waals surface area contributed by atoms with Gasteiger partial charge in [0.15, 0.2) is 0 Å². The number of likely N-dealkylation sites (N-methyl/N-ethyl adjacent to an activating group) is 1. The van der Waals surface area contributed by atoms with Crippen LogP contribution in [-0.2, 0) is 4.74 Å². The highest BCUT2D eigenvalue weighted by Crippen LogP contribution is 2.20. The lowest BCUT2D eigenvalue weighted by Gasteiger charge is -2.12. The van der Waals surface area contributed by atoms with Crippen molar-refractivity contribution < 1.29 is 17.9 Å². The molecule has 1 fully saturated rings. The van der Waals surface area contributed by atoms with Crippen molar-refractivity contribution in [3.63, 3.8) is 0 Å². The molecule has 1 saturated heterocycles. The molecule has 1 aliphatic heterocycles. The van der Waals surface area contributed by atoms with Crippen LogP contribution in [0.15, 0.2) is 0 Å². The van der Waals surface area contributed by atoms with E-state index in [1.54, 1.807) is 7.05 Å². The van der Waals surface area contributed by atoms with Gasteiger partial charge in [0.2, 0.25) is 0 Å². The zero-order valence-corrected chi connectivity index (χ0v) is 5.93. The van der Waals surface area contributed by atoms with Crippen molar-refractivity contribution in [1.82, 2.24) is 10.4 Å². The van der Waals surface area contributed by atoms with E-state index in [1.807, 2.05) is 0 Å². The van der Waals surface area contributed by atoms with Crippen molar-refractivity contribution in [2.45, 2.75) is 12.5 Å². The molecule has 11 heavy (non-hydrogen) atoms. The SMILES string of the molecule is CN1CC(OC(F)(F)F)C[N]1. The molecule has 0 spiro atoms. The highest BCUT2D eigenvalue weighted by atomic mass is 19.4. The minimum Gasteiger partial charge on any atom is -0.286 e. The molecule has 1 atom stereocenters. The molecule has 0 aromatic rings. The molecule has 0 amide bonds. The predicted molar refractivity (Wildman–Crippen MR) is 30.6 cm³/mol. The van der Waals surface area contributed by atoms with Crippen molar-refractivity contribution in [3.8, 4) is 0 Å². The summed E-state index contributed by atoms with van der Waals surface area (Å²) in [5, 5.41) is 1.44. The Bertz CT molecular complexity index is 138. The van der Waals surface area contributed by atoms with Crippen LogP contribution in [0.2, 0.25) is 0 Å². The first-order valence-corrected chi connectivity index (χ1v) is 3.10. The first-order chi connectivity index (χ1) is 4.97. The monoisotopic (exact) mass is 169 g/mol. The summed E-state index contributed by atoms with van der Waals surface area (Å²) in [4.78, 5) is 0. The van der Waals surface area contributed by atoms with E-state index in [4.69, 9.17) is 0 Å². The standard InChI is InChI=1S/C5H8F3N2O/c1-10-3-4(2-9-10)11-5(6,7)8/h4H,2-3H2,1H3. The van der Waals surface area contributed by atoms with Gasteiger partial charge in [0.25, 0.3) is 0 Å². The second kappa shape index (κ2) is 2.96. The Labute approximate surface area is 62.1 Å².